The maximum atomic E-state index is 13.2. The topological polar surface area (TPSA) is 34.1 Å². The highest BCUT2D eigenvalue weighted by Crippen LogP contribution is 2.15. The molecule has 3 rings (SSSR count). The monoisotopic (exact) mass is 319 g/mol. The molecular formula is C15H18FN5S. The highest BCUT2D eigenvalue weighted by atomic mass is 32.1. The molecule has 2 aliphatic rings. The standard InChI is InChI=1S/C15H18FN5S/c16-21-7-6-17-14(12-21)19-8-10-20(11-9-19)15(22)18-13-4-2-1-3-5-13/h1-6,12H,7-11H2,(H,18,22). The summed E-state index contributed by atoms with van der Waals surface area (Å²) < 4.78 is 13.2. The number of halogens is 1. The SMILES string of the molecule is FN1C=C(N2CCN(C(=S)Nc3ccccc3)CC2)N=CC1. The molecule has 7 heteroatoms. The van der Waals surface area contributed by atoms with Crippen LogP contribution in [0, 0.1) is 0 Å². The number of thiocarbonyl (C=S) groups is 1. The summed E-state index contributed by atoms with van der Waals surface area (Å²) in [5, 5.41) is 4.61. The number of benzene rings is 1. The zero-order valence-corrected chi connectivity index (χ0v) is 13.0. The van der Waals surface area contributed by atoms with E-state index in [0.29, 0.717) is 10.9 Å². The van der Waals surface area contributed by atoms with Gasteiger partial charge < -0.3 is 15.1 Å². The van der Waals surface area contributed by atoms with Crippen molar-refractivity contribution in [3.63, 3.8) is 0 Å². The first-order valence-electron chi connectivity index (χ1n) is 7.25. The number of rotatable bonds is 2. The van der Waals surface area contributed by atoms with E-state index in [-0.39, 0.29) is 6.54 Å². The van der Waals surface area contributed by atoms with Crippen LogP contribution in [0.2, 0.25) is 0 Å². The lowest BCUT2D eigenvalue weighted by molar-refractivity contribution is 0.102. The van der Waals surface area contributed by atoms with Gasteiger partial charge in [-0.2, -0.15) is 0 Å². The molecule has 1 saturated heterocycles. The van der Waals surface area contributed by atoms with Crippen molar-refractivity contribution in [1.29, 1.82) is 0 Å². The first kappa shape index (κ1) is 14.8. The van der Waals surface area contributed by atoms with E-state index in [0.717, 1.165) is 37.0 Å². The minimum absolute atomic E-state index is 0.217. The molecule has 0 bridgehead atoms. The first-order chi connectivity index (χ1) is 10.7. The second-order valence-corrected chi connectivity index (χ2v) is 5.54. The van der Waals surface area contributed by atoms with Gasteiger partial charge in [-0.05, 0) is 24.4 Å². The fourth-order valence-corrected chi connectivity index (χ4v) is 2.75. The Balaban J connectivity index is 1.53. The Bertz CT molecular complexity index is 581. The average Bonchev–Trinajstić information content (AvgIpc) is 2.56. The van der Waals surface area contributed by atoms with Gasteiger partial charge >= 0.3 is 0 Å². The van der Waals surface area contributed by atoms with Crippen LogP contribution in [0.4, 0.5) is 10.2 Å². The number of nitrogens with zero attached hydrogens (tertiary/aromatic N) is 4. The van der Waals surface area contributed by atoms with E-state index in [1.165, 1.54) is 6.20 Å². The van der Waals surface area contributed by atoms with E-state index in [1.54, 1.807) is 6.21 Å². The van der Waals surface area contributed by atoms with Gasteiger partial charge in [-0.25, -0.2) is 10.1 Å². The number of para-hydroxylation sites is 1. The summed E-state index contributed by atoms with van der Waals surface area (Å²) in [4.78, 5) is 8.45. The highest BCUT2D eigenvalue weighted by Gasteiger charge is 2.21. The largest absolute Gasteiger partial charge is 0.352 e. The molecule has 0 saturated carbocycles. The molecule has 0 aromatic heterocycles. The van der Waals surface area contributed by atoms with Gasteiger partial charge in [0.05, 0.1) is 12.7 Å². The molecule has 1 N–H and O–H groups in total. The van der Waals surface area contributed by atoms with Gasteiger partial charge in [0.15, 0.2) is 5.11 Å². The van der Waals surface area contributed by atoms with Gasteiger partial charge in [0.1, 0.15) is 5.82 Å². The van der Waals surface area contributed by atoms with Crippen molar-refractivity contribution in [3.8, 4) is 0 Å². The predicted octanol–water partition coefficient (Wildman–Crippen LogP) is 2.07. The van der Waals surface area contributed by atoms with E-state index < -0.39 is 0 Å². The van der Waals surface area contributed by atoms with Crippen LogP contribution in [-0.2, 0) is 0 Å². The summed E-state index contributed by atoms with van der Waals surface area (Å²) in [7, 11) is 0. The van der Waals surface area contributed by atoms with Crippen LogP contribution in [0.5, 0.6) is 0 Å². The van der Waals surface area contributed by atoms with Crippen molar-refractivity contribution in [1.82, 2.24) is 14.9 Å². The van der Waals surface area contributed by atoms with Gasteiger partial charge in [0, 0.05) is 38.1 Å². The van der Waals surface area contributed by atoms with Crippen molar-refractivity contribution in [3.05, 3.63) is 42.4 Å². The predicted molar refractivity (Wildman–Crippen MR) is 90.2 cm³/mol. The maximum Gasteiger partial charge on any atom is 0.173 e. The highest BCUT2D eigenvalue weighted by molar-refractivity contribution is 7.80. The van der Waals surface area contributed by atoms with Crippen molar-refractivity contribution in [2.45, 2.75) is 0 Å². The molecule has 2 heterocycles. The maximum absolute atomic E-state index is 13.2. The van der Waals surface area contributed by atoms with E-state index in [1.807, 2.05) is 30.3 Å². The molecule has 2 aliphatic heterocycles. The van der Waals surface area contributed by atoms with Crippen LogP contribution >= 0.6 is 12.2 Å². The molecule has 0 amide bonds. The lowest BCUT2D eigenvalue weighted by atomic mass is 10.3. The fraction of sp³-hybridized carbons (Fsp3) is 0.333. The van der Waals surface area contributed by atoms with Gasteiger partial charge in [0.2, 0.25) is 0 Å². The Labute approximate surface area is 134 Å². The fourth-order valence-electron chi connectivity index (χ4n) is 2.45. The minimum atomic E-state index is 0.217. The van der Waals surface area contributed by atoms with Crippen molar-refractivity contribution < 1.29 is 4.48 Å². The van der Waals surface area contributed by atoms with Crippen molar-refractivity contribution in [2.24, 2.45) is 4.99 Å². The number of anilines is 1. The van der Waals surface area contributed by atoms with Crippen LogP contribution in [0.1, 0.15) is 0 Å². The second-order valence-electron chi connectivity index (χ2n) is 5.15. The molecule has 0 radical (unpaired) electrons. The molecule has 22 heavy (non-hydrogen) atoms. The Morgan fingerprint density at radius 2 is 1.86 bits per heavy atom. The quantitative estimate of drug-likeness (QED) is 0.667. The van der Waals surface area contributed by atoms with E-state index in [2.05, 4.69) is 20.1 Å². The molecule has 1 fully saturated rings. The van der Waals surface area contributed by atoms with Crippen molar-refractivity contribution >= 4 is 29.2 Å². The van der Waals surface area contributed by atoms with E-state index in [9.17, 15) is 4.48 Å². The third-order valence-electron chi connectivity index (χ3n) is 3.65. The number of nitrogens with one attached hydrogen (secondary N) is 1. The molecule has 0 unspecified atom stereocenters. The Hall–Kier alpha value is -2.15. The first-order valence-corrected chi connectivity index (χ1v) is 7.66. The minimum Gasteiger partial charge on any atom is -0.352 e. The molecule has 116 valence electrons. The number of hydrogen-bond acceptors (Lipinski definition) is 4. The van der Waals surface area contributed by atoms with Gasteiger partial charge in [-0.15, -0.1) is 4.48 Å². The van der Waals surface area contributed by atoms with Crippen LogP contribution < -0.4 is 5.32 Å². The molecule has 0 spiro atoms. The Kier molecular flexibility index (Phi) is 4.53. The summed E-state index contributed by atoms with van der Waals surface area (Å²) in [6, 6.07) is 9.89. The normalized spacial score (nSPS) is 18.2. The number of hydrogen-bond donors (Lipinski definition) is 1. The average molecular weight is 319 g/mol. The van der Waals surface area contributed by atoms with E-state index >= 15 is 0 Å². The third kappa shape index (κ3) is 3.54. The lowest BCUT2D eigenvalue weighted by Gasteiger charge is -2.37. The van der Waals surface area contributed by atoms with Crippen LogP contribution in [0.15, 0.2) is 47.3 Å². The van der Waals surface area contributed by atoms with Gasteiger partial charge in [-0.3, -0.25) is 0 Å². The van der Waals surface area contributed by atoms with Crippen LogP contribution in [-0.4, -0.2) is 59.0 Å². The summed E-state index contributed by atoms with van der Waals surface area (Å²) in [5.41, 5.74) is 0.989. The summed E-state index contributed by atoms with van der Waals surface area (Å²) in [6.07, 6.45) is 3.03. The molecular weight excluding hydrogens is 301 g/mol. The number of aliphatic imine (C=N–C) groups is 1. The Morgan fingerprint density at radius 3 is 2.55 bits per heavy atom. The zero-order valence-electron chi connectivity index (χ0n) is 12.2. The van der Waals surface area contributed by atoms with Crippen LogP contribution in [0.3, 0.4) is 0 Å². The molecule has 5 nitrogen and oxygen atoms in total. The second kappa shape index (κ2) is 6.74. The Morgan fingerprint density at radius 1 is 1.14 bits per heavy atom. The molecule has 1 aromatic carbocycles. The van der Waals surface area contributed by atoms with Crippen LogP contribution in [0.25, 0.3) is 0 Å². The third-order valence-corrected chi connectivity index (χ3v) is 4.01. The number of piperazine rings is 1. The lowest BCUT2D eigenvalue weighted by Crippen LogP contribution is -2.49. The summed E-state index contributed by atoms with van der Waals surface area (Å²) >= 11 is 5.45. The smallest absolute Gasteiger partial charge is 0.173 e. The molecule has 1 aromatic rings. The summed E-state index contributed by atoms with van der Waals surface area (Å²) in [6.45, 7) is 3.34. The van der Waals surface area contributed by atoms with Gasteiger partial charge in [-0.1, -0.05) is 18.2 Å². The zero-order chi connectivity index (χ0) is 15.4. The molecule has 0 aliphatic carbocycles. The van der Waals surface area contributed by atoms with E-state index in [4.69, 9.17) is 12.2 Å². The van der Waals surface area contributed by atoms with Crippen molar-refractivity contribution in [2.75, 3.05) is 38.0 Å². The summed E-state index contributed by atoms with van der Waals surface area (Å²) in [5.74, 6) is 0.676. The molecule has 0 atom stereocenters. The van der Waals surface area contributed by atoms with Gasteiger partial charge in [0.25, 0.3) is 0 Å².